The Labute approximate surface area is 169 Å². The molecular weight excluding hydrogens is 410 g/mol. The van der Waals surface area contributed by atoms with E-state index in [1.165, 1.54) is 6.42 Å². The smallest absolute Gasteiger partial charge is 0.243 e. The number of para-hydroxylation sites is 1. The number of carbonyl (C=O) groups is 3. The van der Waals surface area contributed by atoms with Gasteiger partial charge in [0.25, 0.3) is 0 Å². The van der Waals surface area contributed by atoms with Gasteiger partial charge in [0, 0.05) is 10.4 Å². The van der Waals surface area contributed by atoms with Crippen molar-refractivity contribution in [1.29, 1.82) is 0 Å². The summed E-state index contributed by atoms with van der Waals surface area (Å²) >= 11 is 3.36. The molecule has 1 atom stereocenters. The number of carbonyl (C=O) groups excluding carboxylic acids is 3. The van der Waals surface area contributed by atoms with Gasteiger partial charge >= 0.3 is 0 Å². The van der Waals surface area contributed by atoms with Gasteiger partial charge in [-0.05, 0) is 46.8 Å². The van der Waals surface area contributed by atoms with E-state index in [9.17, 15) is 14.4 Å². The second kappa shape index (κ2) is 10.4. The Balaban J connectivity index is 1.86. The van der Waals surface area contributed by atoms with Crippen LogP contribution in [0, 0.1) is 11.8 Å². The van der Waals surface area contributed by atoms with E-state index < -0.39 is 6.04 Å². The molecular formula is C20H28BrN3O3. The van der Waals surface area contributed by atoms with E-state index in [2.05, 4.69) is 31.9 Å². The van der Waals surface area contributed by atoms with Crippen LogP contribution in [-0.4, -0.2) is 30.3 Å². The number of benzene rings is 1. The minimum absolute atomic E-state index is 0.00784. The van der Waals surface area contributed by atoms with E-state index >= 15 is 0 Å². The van der Waals surface area contributed by atoms with Crippen LogP contribution in [0.5, 0.6) is 0 Å². The first-order valence-corrected chi connectivity index (χ1v) is 10.3. The van der Waals surface area contributed by atoms with Crippen molar-refractivity contribution < 1.29 is 14.4 Å². The lowest BCUT2D eigenvalue weighted by Crippen LogP contribution is -2.52. The maximum absolute atomic E-state index is 12.5. The van der Waals surface area contributed by atoms with Gasteiger partial charge in [-0.1, -0.05) is 45.2 Å². The first-order chi connectivity index (χ1) is 12.9. The summed E-state index contributed by atoms with van der Waals surface area (Å²) in [5.41, 5.74) is 0.641. The van der Waals surface area contributed by atoms with Crippen LogP contribution in [0.3, 0.4) is 0 Å². The molecule has 3 N–H and O–H groups in total. The molecule has 3 amide bonds. The first kappa shape index (κ1) is 21.4. The summed E-state index contributed by atoms with van der Waals surface area (Å²) < 4.78 is 0.768. The Hall–Kier alpha value is -1.89. The molecule has 1 fully saturated rings. The van der Waals surface area contributed by atoms with Crippen LogP contribution in [0.2, 0.25) is 0 Å². The quantitative estimate of drug-likeness (QED) is 0.611. The minimum atomic E-state index is -0.643. The summed E-state index contributed by atoms with van der Waals surface area (Å²) in [5.74, 6) is -0.788. The van der Waals surface area contributed by atoms with E-state index in [4.69, 9.17) is 0 Å². The first-order valence-electron chi connectivity index (χ1n) is 9.51. The Morgan fingerprint density at radius 2 is 1.78 bits per heavy atom. The third kappa shape index (κ3) is 6.65. The Morgan fingerprint density at radius 1 is 1.11 bits per heavy atom. The van der Waals surface area contributed by atoms with Gasteiger partial charge < -0.3 is 16.0 Å². The number of hydrogen-bond donors (Lipinski definition) is 3. The van der Waals surface area contributed by atoms with E-state index in [1.807, 2.05) is 32.0 Å². The maximum atomic E-state index is 12.5. The highest BCUT2D eigenvalue weighted by atomic mass is 79.9. The highest BCUT2D eigenvalue weighted by molar-refractivity contribution is 9.10. The van der Waals surface area contributed by atoms with Crippen molar-refractivity contribution in [2.24, 2.45) is 11.8 Å². The monoisotopic (exact) mass is 437 g/mol. The third-order valence-electron chi connectivity index (χ3n) is 4.79. The lowest BCUT2D eigenvalue weighted by Gasteiger charge is -2.26. The van der Waals surface area contributed by atoms with Gasteiger partial charge in [0.1, 0.15) is 6.04 Å². The molecule has 1 aromatic rings. The second-order valence-corrected chi connectivity index (χ2v) is 8.17. The fraction of sp³-hybridized carbons (Fsp3) is 0.550. The number of hydrogen-bond acceptors (Lipinski definition) is 3. The average Bonchev–Trinajstić information content (AvgIpc) is 2.66. The Kier molecular flexibility index (Phi) is 8.28. The molecule has 0 aromatic heterocycles. The predicted octanol–water partition coefficient (Wildman–Crippen LogP) is 3.22. The van der Waals surface area contributed by atoms with Crippen LogP contribution >= 0.6 is 15.9 Å². The molecule has 6 nitrogen and oxygen atoms in total. The molecule has 0 spiro atoms. The lowest BCUT2D eigenvalue weighted by atomic mass is 9.88. The molecule has 1 aromatic carbocycles. The van der Waals surface area contributed by atoms with E-state index in [1.54, 1.807) is 6.07 Å². The number of anilines is 1. The summed E-state index contributed by atoms with van der Waals surface area (Å²) in [4.78, 5) is 37.1. The Morgan fingerprint density at radius 3 is 2.41 bits per heavy atom. The molecule has 7 heteroatoms. The van der Waals surface area contributed by atoms with E-state index in [0.29, 0.717) is 5.69 Å². The summed E-state index contributed by atoms with van der Waals surface area (Å²) in [5, 5.41) is 8.25. The summed E-state index contributed by atoms with van der Waals surface area (Å²) in [7, 11) is 0. The zero-order valence-electron chi connectivity index (χ0n) is 15.9. The molecule has 0 radical (unpaired) electrons. The van der Waals surface area contributed by atoms with Gasteiger partial charge in [-0.2, -0.15) is 0 Å². The summed E-state index contributed by atoms with van der Waals surface area (Å²) in [6.07, 6.45) is 5.06. The van der Waals surface area contributed by atoms with Gasteiger partial charge in [-0.15, -0.1) is 0 Å². The number of nitrogens with one attached hydrogen (secondary N) is 3. The fourth-order valence-electron chi connectivity index (χ4n) is 3.21. The molecule has 0 heterocycles. The molecule has 148 valence electrons. The van der Waals surface area contributed by atoms with Crippen LogP contribution in [0.15, 0.2) is 28.7 Å². The molecule has 1 unspecified atom stereocenters. The van der Waals surface area contributed by atoms with Gasteiger partial charge in [-0.3, -0.25) is 14.4 Å². The topological polar surface area (TPSA) is 87.3 Å². The summed E-state index contributed by atoms with van der Waals surface area (Å²) in [6, 6.07) is 6.61. The SMILES string of the molecule is CC(C)C(NC(=O)C1CCCCC1)C(=O)NCC(=O)Nc1ccccc1Br. The van der Waals surface area contributed by atoms with Crippen molar-refractivity contribution in [3.63, 3.8) is 0 Å². The lowest BCUT2D eigenvalue weighted by molar-refractivity contribution is -0.133. The van der Waals surface area contributed by atoms with Gasteiger partial charge in [0.15, 0.2) is 0 Å². The van der Waals surface area contributed by atoms with Gasteiger partial charge in [0.05, 0.1) is 12.2 Å². The van der Waals surface area contributed by atoms with Crippen molar-refractivity contribution in [3.05, 3.63) is 28.7 Å². The molecule has 1 aliphatic rings. The van der Waals surface area contributed by atoms with Crippen molar-refractivity contribution >= 4 is 39.3 Å². The average molecular weight is 438 g/mol. The summed E-state index contributed by atoms with van der Waals surface area (Å²) in [6.45, 7) is 3.61. The fourth-order valence-corrected chi connectivity index (χ4v) is 3.59. The normalized spacial score (nSPS) is 15.9. The van der Waals surface area contributed by atoms with Crippen molar-refractivity contribution in [2.75, 3.05) is 11.9 Å². The largest absolute Gasteiger partial charge is 0.345 e. The predicted molar refractivity (Wildman–Crippen MR) is 109 cm³/mol. The molecule has 0 bridgehead atoms. The van der Waals surface area contributed by atoms with Crippen LogP contribution in [0.4, 0.5) is 5.69 Å². The van der Waals surface area contributed by atoms with Crippen LogP contribution in [0.1, 0.15) is 46.0 Å². The van der Waals surface area contributed by atoms with Crippen LogP contribution < -0.4 is 16.0 Å². The second-order valence-electron chi connectivity index (χ2n) is 7.31. The number of amides is 3. The molecule has 27 heavy (non-hydrogen) atoms. The van der Waals surface area contributed by atoms with Gasteiger partial charge in [0.2, 0.25) is 17.7 Å². The number of halogens is 1. The van der Waals surface area contributed by atoms with Crippen LogP contribution in [-0.2, 0) is 14.4 Å². The standard InChI is InChI=1S/C20H28BrN3O3/c1-13(2)18(24-19(26)14-8-4-3-5-9-14)20(27)22-12-17(25)23-16-11-7-6-10-15(16)21/h6-7,10-11,13-14,18H,3-5,8-9,12H2,1-2H3,(H,22,27)(H,23,25)(H,24,26). The molecule has 2 rings (SSSR count). The molecule has 1 saturated carbocycles. The highest BCUT2D eigenvalue weighted by Gasteiger charge is 2.28. The van der Waals surface area contributed by atoms with Crippen LogP contribution in [0.25, 0.3) is 0 Å². The zero-order chi connectivity index (χ0) is 19.8. The maximum Gasteiger partial charge on any atom is 0.243 e. The molecule has 1 aliphatic carbocycles. The van der Waals surface area contributed by atoms with E-state index in [0.717, 1.165) is 30.2 Å². The number of rotatable bonds is 7. The van der Waals surface area contributed by atoms with E-state index in [-0.39, 0.29) is 36.1 Å². The van der Waals surface area contributed by atoms with Crippen molar-refractivity contribution in [3.8, 4) is 0 Å². The zero-order valence-corrected chi connectivity index (χ0v) is 17.5. The highest BCUT2D eigenvalue weighted by Crippen LogP contribution is 2.24. The molecule has 0 aliphatic heterocycles. The van der Waals surface area contributed by atoms with Crippen molar-refractivity contribution in [2.45, 2.75) is 52.0 Å². The molecule has 0 saturated heterocycles. The van der Waals surface area contributed by atoms with Gasteiger partial charge in [-0.25, -0.2) is 0 Å². The van der Waals surface area contributed by atoms with Crippen molar-refractivity contribution in [1.82, 2.24) is 10.6 Å². The third-order valence-corrected chi connectivity index (χ3v) is 5.49. The minimum Gasteiger partial charge on any atom is -0.345 e. The Bertz CT molecular complexity index is 672.